The molecule has 0 saturated heterocycles. The van der Waals surface area contributed by atoms with E-state index < -0.39 is 0 Å². The van der Waals surface area contributed by atoms with Gasteiger partial charge in [-0.25, -0.2) is 4.68 Å². The number of ether oxygens (including phenoxy) is 1. The SMILES string of the molecule is COc1cc(C=Nn2c(C)csc2=NC2CCCCC2)ccc1O. The highest BCUT2D eigenvalue weighted by Crippen LogP contribution is 2.25. The van der Waals surface area contributed by atoms with Gasteiger partial charge in [-0.2, -0.15) is 5.10 Å². The van der Waals surface area contributed by atoms with Crippen LogP contribution in [0, 0.1) is 6.92 Å². The highest BCUT2D eigenvalue weighted by molar-refractivity contribution is 7.07. The van der Waals surface area contributed by atoms with Crippen molar-refractivity contribution in [3.8, 4) is 11.5 Å². The summed E-state index contributed by atoms with van der Waals surface area (Å²) in [7, 11) is 1.54. The van der Waals surface area contributed by atoms with Crippen molar-refractivity contribution in [2.45, 2.75) is 45.1 Å². The number of thiazole rings is 1. The Morgan fingerprint density at radius 1 is 1.29 bits per heavy atom. The van der Waals surface area contributed by atoms with Crippen LogP contribution in [0.15, 0.2) is 33.7 Å². The Hall–Kier alpha value is -2.08. The Bertz CT molecular complexity index is 786. The summed E-state index contributed by atoms with van der Waals surface area (Å²) in [4.78, 5) is 5.85. The fraction of sp³-hybridized carbons (Fsp3) is 0.444. The van der Waals surface area contributed by atoms with Crippen molar-refractivity contribution in [3.05, 3.63) is 39.6 Å². The van der Waals surface area contributed by atoms with Gasteiger partial charge in [0.1, 0.15) is 0 Å². The maximum atomic E-state index is 9.67. The van der Waals surface area contributed by atoms with Gasteiger partial charge in [-0.3, -0.25) is 4.99 Å². The van der Waals surface area contributed by atoms with Crippen molar-refractivity contribution < 1.29 is 9.84 Å². The summed E-state index contributed by atoms with van der Waals surface area (Å²) in [5, 5.41) is 16.3. The number of phenols is 1. The molecule has 1 N–H and O–H groups in total. The average molecular weight is 345 g/mol. The van der Waals surface area contributed by atoms with Crippen molar-refractivity contribution in [1.82, 2.24) is 4.68 Å². The molecule has 1 heterocycles. The maximum absolute atomic E-state index is 9.67. The van der Waals surface area contributed by atoms with E-state index >= 15 is 0 Å². The highest BCUT2D eigenvalue weighted by Gasteiger charge is 2.12. The molecule has 1 aromatic heterocycles. The normalized spacial score (nSPS) is 16.8. The third-order valence-corrected chi connectivity index (χ3v) is 5.19. The van der Waals surface area contributed by atoms with E-state index in [1.165, 1.54) is 39.2 Å². The van der Waals surface area contributed by atoms with Crippen LogP contribution in [0.3, 0.4) is 0 Å². The molecule has 2 aromatic rings. The van der Waals surface area contributed by atoms with Crippen molar-refractivity contribution >= 4 is 17.6 Å². The number of aromatic nitrogens is 1. The van der Waals surface area contributed by atoms with Crippen LogP contribution in [0.25, 0.3) is 0 Å². The number of aryl methyl sites for hydroxylation is 1. The van der Waals surface area contributed by atoms with Gasteiger partial charge in [-0.05, 0) is 43.5 Å². The monoisotopic (exact) mass is 345 g/mol. The second-order valence-electron chi connectivity index (χ2n) is 6.07. The molecule has 0 spiro atoms. The Kier molecular flexibility index (Phi) is 5.35. The highest BCUT2D eigenvalue weighted by atomic mass is 32.1. The van der Waals surface area contributed by atoms with Gasteiger partial charge in [0, 0.05) is 5.38 Å². The third kappa shape index (κ3) is 3.87. The van der Waals surface area contributed by atoms with Gasteiger partial charge in [0.25, 0.3) is 0 Å². The number of nitrogens with zero attached hydrogens (tertiary/aromatic N) is 3. The lowest BCUT2D eigenvalue weighted by molar-refractivity contribution is 0.373. The van der Waals surface area contributed by atoms with E-state index in [0.29, 0.717) is 11.8 Å². The zero-order valence-corrected chi connectivity index (χ0v) is 14.9. The molecule has 1 aliphatic rings. The summed E-state index contributed by atoms with van der Waals surface area (Å²) < 4.78 is 7.02. The molecule has 1 saturated carbocycles. The number of phenolic OH excluding ortho intramolecular Hbond substituents is 1. The molecule has 6 heteroatoms. The first kappa shape index (κ1) is 16.8. The first-order valence-electron chi connectivity index (χ1n) is 8.29. The second-order valence-corrected chi connectivity index (χ2v) is 6.90. The lowest BCUT2D eigenvalue weighted by Crippen LogP contribution is -2.19. The number of rotatable bonds is 4. The van der Waals surface area contributed by atoms with E-state index in [-0.39, 0.29) is 5.75 Å². The molecule has 24 heavy (non-hydrogen) atoms. The van der Waals surface area contributed by atoms with Crippen LogP contribution >= 0.6 is 11.3 Å². The zero-order valence-electron chi connectivity index (χ0n) is 14.1. The van der Waals surface area contributed by atoms with Crippen LogP contribution in [0.5, 0.6) is 11.5 Å². The molecule has 0 atom stereocenters. The van der Waals surface area contributed by atoms with Crippen LogP contribution in [0.4, 0.5) is 0 Å². The minimum absolute atomic E-state index is 0.127. The van der Waals surface area contributed by atoms with Gasteiger partial charge in [-0.15, -0.1) is 11.3 Å². The van der Waals surface area contributed by atoms with Crippen molar-refractivity contribution in [3.63, 3.8) is 0 Å². The van der Waals surface area contributed by atoms with E-state index in [1.54, 1.807) is 29.7 Å². The largest absolute Gasteiger partial charge is 0.504 e. The molecule has 5 nitrogen and oxygen atoms in total. The summed E-state index contributed by atoms with van der Waals surface area (Å²) in [6.07, 6.45) is 7.99. The molecule has 0 radical (unpaired) electrons. The molecular formula is C18H23N3O2S. The molecule has 0 unspecified atom stereocenters. The van der Waals surface area contributed by atoms with Gasteiger partial charge in [-0.1, -0.05) is 19.3 Å². The van der Waals surface area contributed by atoms with Crippen LogP contribution in [-0.4, -0.2) is 29.1 Å². The Morgan fingerprint density at radius 2 is 2.08 bits per heavy atom. The third-order valence-electron chi connectivity index (χ3n) is 4.24. The average Bonchev–Trinajstić information content (AvgIpc) is 2.95. The topological polar surface area (TPSA) is 59.1 Å². The standard InChI is InChI=1S/C18H23N3O2S/c1-13-12-24-18(20-15-6-4-3-5-7-15)21(13)19-11-14-8-9-16(22)17(10-14)23-2/h8-12,15,22H,3-7H2,1-2H3. The lowest BCUT2D eigenvalue weighted by Gasteiger charge is -2.16. The first-order valence-corrected chi connectivity index (χ1v) is 9.17. The molecule has 3 rings (SSSR count). The van der Waals surface area contributed by atoms with Gasteiger partial charge in [0.05, 0.1) is 25.1 Å². The zero-order chi connectivity index (χ0) is 16.9. The van der Waals surface area contributed by atoms with E-state index in [2.05, 4.69) is 10.5 Å². The molecular weight excluding hydrogens is 322 g/mol. The predicted molar refractivity (Wildman–Crippen MR) is 97.1 cm³/mol. The Balaban J connectivity index is 1.87. The van der Waals surface area contributed by atoms with Crippen molar-refractivity contribution in [1.29, 1.82) is 0 Å². The second kappa shape index (κ2) is 7.66. The molecule has 1 fully saturated rings. The fourth-order valence-electron chi connectivity index (χ4n) is 2.88. The van der Waals surface area contributed by atoms with Crippen LogP contribution < -0.4 is 9.54 Å². The smallest absolute Gasteiger partial charge is 0.206 e. The fourth-order valence-corrected chi connectivity index (χ4v) is 3.76. The number of aromatic hydroxyl groups is 1. The minimum Gasteiger partial charge on any atom is -0.504 e. The summed E-state index contributed by atoms with van der Waals surface area (Å²) in [6.45, 7) is 2.03. The Morgan fingerprint density at radius 3 is 2.83 bits per heavy atom. The molecule has 0 aliphatic heterocycles. The van der Waals surface area contributed by atoms with E-state index in [0.717, 1.165) is 16.1 Å². The predicted octanol–water partition coefficient (Wildman–Crippen LogP) is 3.69. The van der Waals surface area contributed by atoms with Gasteiger partial charge in [0.15, 0.2) is 11.5 Å². The van der Waals surface area contributed by atoms with E-state index in [1.807, 2.05) is 17.7 Å². The Labute approximate surface area is 146 Å². The lowest BCUT2D eigenvalue weighted by atomic mass is 9.96. The number of hydrogen-bond donors (Lipinski definition) is 1. The van der Waals surface area contributed by atoms with Gasteiger partial charge in [0.2, 0.25) is 4.80 Å². The summed E-state index contributed by atoms with van der Waals surface area (Å²) >= 11 is 1.63. The molecule has 0 bridgehead atoms. The van der Waals surface area contributed by atoms with Crippen molar-refractivity contribution in [2.75, 3.05) is 7.11 Å². The quantitative estimate of drug-likeness (QED) is 0.859. The number of methoxy groups -OCH3 is 1. The van der Waals surface area contributed by atoms with Gasteiger partial charge >= 0.3 is 0 Å². The van der Waals surface area contributed by atoms with Crippen molar-refractivity contribution in [2.24, 2.45) is 10.1 Å². The molecule has 128 valence electrons. The van der Waals surface area contributed by atoms with E-state index in [4.69, 9.17) is 9.73 Å². The minimum atomic E-state index is 0.127. The number of hydrogen-bond acceptors (Lipinski definition) is 5. The van der Waals surface area contributed by atoms with Crippen LogP contribution in [0.1, 0.15) is 43.4 Å². The number of benzene rings is 1. The van der Waals surface area contributed by atoms with Gasteiger partial charge < -0.3 is 9.84 Å². The first-order chi connectivity index (χ1) is 11.7. The molecule has 1 aromatic carbocycles. The molecule has 0 amide bonds. The van der Waals surface area contributed by atoms with Crippen LogP contribution in [0.2, 0.25) is 0 Å². The summed E-state index contributed by atoms with van der Waals surface area (Å²) in [5.74, 6) is 0.570. The maximum Gasteiger partial charge on any atom is 0.206 e. The van der Waals surface area contributed by atoms with E-state index in [9.17, 15) is 5.11 Å². The van der Waals surface area contributed by atoms with Crippen LogP contribution in [-0.2, 0) is 0 Å². The molecule has 1 aliphatic carbocycles. The summed E-state index contributed by atoms with van der Waals surface area (Å²) in [6, 6.07) is 5.60. The summed E-state index contributed by atoms with van der Waals surface area (Å²) in [5.41, 5.74) is 1.93.